The van der Waals surface area contributed by atoms with Crippen LogP contribution < -0.4 is 5.43 Å². The highest BCUT2D eigenvalue weighted by atomic mass is 32.2. The van der Waals surface area contributed by atoms with Gasteiger partial charge in [-0.1, -0.05) is 57.2 Å². The van der Waals surface area contributed by atoms with Gasteiger partial charge < -0.3 is 0 Å². The number of quaternary nitrogens is 1. The molecule has 0 fully saturated rings. The summed E-state index contributed by atoms with van der Waals surface area (Å²) >= 11 is 0. The van der Waals surface area contributed by atoms with Gasteiger partial charge in [0.25, 0.3) is 10.1 Å². The molecule has 0 aliphatic carbocycles. The van der Waals surface area contributed by atoms with Gasteiger partial charge in [-0.15, -0.1) is 0 Å². The number of hydrogen-bond acceptors (Lipinski definition) is 3. The highest BCUT2D eigenvalue weighted by molar-refractivity contribution is 7.85. The zero-order valence-electron chi connectivity index (χ0n) is 14.7. The van der Waals surface area contributed by atoms with E-state index in [1.807, 2.05) is 27.2 Å². The molecule has 23 heavy (non-hydrogen) atoms. The summed E-state index contributed by atoms with van der Waals surface area (Å²) in [5, 5.41) is 0. The van der Waals surface area contributed by atoms with E-state index in [0.717, 1.165) is 19.3 Å². The topological polar surface area (TPSA) is 66.4 Å². The zero-order valence-corrected chi connectivity index (χ0v) is 15.6. The molecule has 132 valence electrons. The molecule has 6 heteroatoms. The first kappa shape index (κ1) is 20.1. The summed E-state index contributed by atoms with van der Waals surface area (Å²) in [4.78, 5) is -0.000455. The second-order valence-corrected chi connectivity index (χ2v) is 8.30. The molecule has 0 bridgehead atoms. The molecule has 2 N–H and O–H groups in total. The Bertz CT molecular complexity index is 580. The molecule has 0 aliphatic heterocycles. The van der Waals surface area contributed by atoms with Gasteiger partial charge in [0.2, 0.25) is 0 Å². The standard InChI is InChI=1S/C17H30N2O3S/c1-5-6-7-8-9-13-16(18-19(2,3)4)15-12-10-11-14-17(15)23(20,21)22/h10-12,14,16,18H,5-9,13H2,1-4H3/p+1. The number of rotatable bonds is 10. The molecule has 1 aromatic carbocycles. The largest absolute Gasteiger partial charge is 0.294 e. The van der Waals surface area contributed by atoms with Gasteiger partial charge in [0.15, 0.2) is 0 Å². The van der Waals surface area contributed by atoms with Crippen molar-refractivity contribution >= 4 is 10.1 Å². The summed E-state index contributed by atoms with van der Waals surface area (Å²) in [7, 11) is 1.78. The van der Waals surface area contributed by atoms with Gasteiger partial charge in [0, 0.05) is 0 Å². The number of nitrogens with zero attached hydrogens (tertiary/aromatic N) is 1. The molecule has 0 aromatic heterocycles. The summed E-state index contributed by atoms with van der Waals surface area (Å²) in [6, 6.07) is 6.58. The SMILES string of the molecule is CCCCCCCC(N[N+](C)(C)C)c1ccccc1S(=O)(=O)O. The molecule has 0 aliphatic rings. The first-order chi connectivity index (χ1) is 10.6. The van der Waals surface area contributed by atoms with Gasteiger partial charge in [-0.2, -0.15) is 13.8 Å². The van der Waals surface area contributed by atoms with Crippen molar-refractivity contribution in [1.29, 1.82) is 0 Å². The summed E-state index contributed by atoms with van der Waals surface area (Å²) in [5.74, 6) is 0. The van der Waals surface area contributed by atoms with Crippen LogP contribution in [0.25, 0.3) is 0 Å². The maximum absolute atomic E-state index is 11.7. The predicted octanol–water partition coefficient (Wildman–Crippen LogP) is 3.55. The van der Waals surface area contributed by atoms with Crippen molar-refractivity contribution < 1.29 is 17.6 Å². The highest BCUT2D eigenvalue weighted by Gasteiger charge is 2.25. The molecule has 0 amide bonds. The maximum Gasteiger partial charge on any atom is 0.294 e. The summed E-state index contributed by atoms with van der Waals surface area (Å²) in [6.45, 7) is 2.18. The Morgan fingerprint density at radius 3 is 2.26 bits per heavy atom. The second kappa shape index (κ2) is 8.78. The van der Waals surface area contributed by atoms with E-state index < -0.39 is 10.1 Å². The summed E-state index contributed by atoms with van der Waals surface area (Å²) < 4.78 is 33.3. The van der Waals surface area contributed by atoms with Crippen LogP contribution in [-0.2, 0) is 10.1 Å². The van der Waals surface area contributed by atoms with E-state index in [0.29, 0.717) is 10.2 Å². The van der Waals surface area contributed by atoms with Crippen molar-refractivity contribution in [3.8, 4) is 0 Å². The van der Waals surface area contributed by atoms with Crippen LogP contribution in [0.1, 0.15) is 57.1 Å². The van der Waals surface area contributed by atoms with Crippen LogP contribution in [0.4, 0.5) is 0 Å². The van der Waals surface area contributed by atoms with Crippen molar-refractivity contribution in [1.82, 2.24) is 5.43 Å². The molecule has 0 heterocycles. The third-order valence-corrected chi connectivity index (χ3v) is 4.64. The highest BCUT2D eigenvalue weighted by Crippen LogP contribution is 2.27. The smallest absolute Gasteiger partial charge is 0.282 e. The fourth-order valence-electron chi connectivity index (χ4n) is 2.71. The van der Waals surface area contributed by atoms with Crippen molar-refractivity contribution in [2.45, 2.75) is 56.4 Å². The van der Waals surface area contributed by atoms with Gasteiger partial charge in [-0.05, 0) is 18.1 Å². The average molecular weight is 344 g/mol. The molecule has 1 unspecified atom stereocenters. The van der Waals surface area contributed by atoms with Gasteiger partial charge in [0.1, 0.15) is 0 Å². The van der Waals surface area contributed by atoms with Gasteiger partial charge >= 0.3 is 0 Å². The van der Waals surface area contributed by atoms with Crippen LogP contribution in [0, 0.1) is 0 Å². The molecule has 5 nitrogen and oxygen atoms in total. The lowest BCUT2D eigenvalue weighted by molar-refractivity contribution is -0.919. The summed E-state index contributed by atoms with van der Waals surface area (Å²) in [6.07, 6.45) is 6.63. The number of unbranched alkanes of at least 4 members (excludes halogenated alkanes) is 4. The lowest BCUT2D eigenvalue weighted by Crippen LogP contribution is -2.49. The van der Waals surface area contributed by atoms with Crippen molar-refractivity contribution in [2.24, 2.45) is 0 Å². The third kappa shape index (κ3) is 7.44. The molecule has 1 aromatic rings. The van der Waals surface area contributed by atoms with E-state index in [4.69, 9.17) is 0 Å². The molecular weight excluding hydrogens is 312 g/mol. The Hall–Kier alpha value is -0.950. The van der Waals surface area contributed by atoms with Crippen LogP contribution in [0.3, 0.4) is 0 Å². The van der Waals surface area contributed by atoms with Gasteiger partial charge in [-0.3, -0.25) is 9.14 Å². The number of nitrogens with one attached hydrogen (secondary N) is 1. The van der Waals surface area contributed by atoms with E-state index in [2.05, 4.69) is 12.3 Å². The lowest BCUT2D eigenvalue weighted by Gasteiger charge is -2.31. The van der Waals surface area contributed by atoms with Crippen LogP contribution in [-0.4, -0.2) is 38.7 Å². The normalized spacial score (nSPS) is 14.0. The molecule has 0 saturated carbocycles. The van der Waals surface area contributed by atoms with Gasteiger partial charge in [-0.25, -0.2) is 0 Å². The second-order valence-electron chi connectivity index (χ2n) is 6.91. The van der Waals surface area contributed by atoms with Crippen molar-refractivity contribution in [3.63, 3.8) is 0 Å². The van der Waals surface area contributed by atoms with E-state index in [1.165, 1.54) is 25.3 Å². The van der Waals surface area contributed by atoms with Crippen LogP contribution >= 0.6 is 0 Å². The minimum atomic E-state index is -4.22. The van der Waals surface area contributed by atoms with Crippen molar-refractivity contribution in [2.75, 3.05) is 21.1 Å². The quantitative estimate of drug-likeness (QED) is 0.295. The minimum Gasteiger partial charge on any atom is -0.282 e. The lowest BCUT2D eigenvalue weighted by atomic mass is 10.00. The van der Waals surface area contributed by atoms with Crippen LogP contribution in [0.15, 0.2) is 29.2 Å². The Morgan fingerprint density at radius 1 is 1.09 bits per heavy atom. The van der Waals surface area contributed by atoms with Gasteiger partial charge in [0.05, 0.1) is 32.1 Å². The molecule has 0 saturated heterocycles. The number of benzene rings is 1. The third-order valence-electron chi connectivity index (χ3n) is 3.71. The van der Waals surface area contributed by atoms with Crippen LogP contribution in [0.5, 0.6) is 0 Å². The Morgan fingerprint density at radius 2 is 1.70 bits per heavy atom. The monoisotopic (exact) mass is 343 g/mol. The molecule has 1 rings (SSSR count). The minimum absolute atomic E-state index is 0.000455. The maximum atomic E-state index is 11.7. The van der Waals surface area contributed by atoms with Crippen LogP contribution in [0.2, 0.25) is 0 Å². The molecule has 0 spiro atoms. The van der Waals surface area contributed by atoms with E-state index >= 15 is 0 Å². The summed E-state index contributed by atoms with van der Waals surface area (Å²) in [5.41, 5.74) is 4.08. The average Bonchev–Trinajstić information content (AvgIpc) is 2.44. The fourth-order valence-corrected chi connectivity index (χ4v) is 3.47. The van der Waals surface area contributed by atoms with Crippen molar-refractivity contribution in [3.05, 3.63) is 29.8 Å². The fraction of sp³-hybridized carbons (Fsp3) is 0.647. The van der Waals surface area contributed by atoms with E-state index in [1.54, 1.807) is 12.1 Å². The first-order valence-corrected chi connectivity index (χ1v) is 9.75. The molecular formula is C17H31N2O3S+. The Kier molecular flexibility index (Phi) is 7.67. The predicted molar refractivity (Wildman–Crippen MR) is 93.5 cm³/mol. The molecule has 1 atom stereocenters. The number of hydrogen-bond donors (Lipinski definition) is 2. The Labute approximate surface area is 141 Å². The Balaban J connectivity index is 2.96. The van der Waals surface area contributed by atoms with E-state index in [9.17, 15) is 13.0 Å². The first-order valence-electron chi connectivity index (χ1n) is 8.31. The molecule has 0 radical (unpaired) electrons. The zero-order chi connectivity index (χ0) is 17.5. The van der Waals surface area contributed by atoms with E-state index in [-0.39, 0.29) is 10.9 Å².